The number of rotatable bonds is 8. The van der Waals surface area contributed by atoms with Crippen molar-refractivity contribution in [2.24, 2.45) is 5.92 Å². The Morgan fingerprint density at radius 1 is 1.24 bits per heavy atom. The fourth-order valence-electron chi connectivity index (χ4n) is 2.02. The summed E-state index contributed by atoms with van der Waals surface area (Å²) in [5, 5.41) is 7.87. The van der Waals surface area contributed by atoms with E-state index in [1.807, 2.05) is 23.0 Å². The molecule has 1 aromatic carbocycles. The maximum Gasteiger partial charge on any atom is 0.119 e. The van der Waals surface area contributed by atoms with Gasteiger partial charge in [0, 0.05) is 25.8 Å². The van der Waals surface area contributed by atoms with E-state index in [-0.39, 0.29) is 0 Å². The summed E-state index contributed by atoms with van der Waals surface area (Å²) in [6.45, 7) is 9.66. The normalized spacial score (nSPS) is 11.0. The summed E-state index contributed by atoms with van der Waals surface area (Å²) < 4.78 is 7.69. The molecule has 4 heteroatoms. The van der Waals surface area contributed by atoms with Crippen LogP contribution in [-0.2, 0) is 19.6 Å². The van der Waals surface area contributed by atoms with Gasteiger partial charge in [-0.1, -0.05) is 26.0 Å². The Morgan fingerprint density at radius 3 is 2.81 bits per heavy atom. The number of aromatic nitrogens is 2. The molecule has 0 saturated carbocycles. The van der Waals surface area contributed by atoms with E-state index in [9.17, 15) is 0 Å². The van der Waals surface area contributed by atoms with Gasteiger partial charge in [0.25, 0.3) is 0 Å². The van der Waals surface area contributed by atoms with E-state index in [2.05, 4.69) is 49.4 Å². The number of hydrogen-bond acceptors (Lipinski definition) is 3. The van der Waals surface area contributed by atoms with Crippen molar-refractivity contribution in [3.05, 3.63) is 47.8 Å². The van der Waals surface area contributed by atoms with Crippen LogP contribution in [0.4, 0.5) is 0 Å². The quantitative estimate of drug-likeness (QED) is 0.810. The van der Waals surface area contributed by atoms with Gasteiger partial charge < -0.3 is 10.1 Å². The second-order valence-corrected chi connectivity index (χ2v) is 5.62. The van der Waals surface area contributed by atoms with Crippen LogP contribution in [0.2, 0.25) is 0 Å². The summed E-state index contributed by atoms with van der Waals surface area (Å²) >= 11 is 0. The first-order valence-electron chi connectivity index (χ1n) is 7.62. The summed E-state index contributed by atoms with van der Waals surface area (Å²) in [6, 6.07) is 10.3. The van der Waals surface area contributed by atoms with Crippen molar-refractivity contribution in [3.63, 3.8) is 0 Å². The van der Waals surface area contributed by atoms with Crippen LogP contribution in [0.1, 0.15) is 32.0 Å². The number of benzene rings is 1. The summed E-state index contributed by atoms with van der Waals surface area (Å²) in [4.78, 5) is 0. The van der Waals surface area contributed by atoms with Crippen molar-refractivity contribution in [3.8, 4) is 5.75 Å². The maximum absolute atomic E-state index is 5.75. The van der Waals surface area contributed by atoms with Gasteiger partial charge in [-0.15, -0.1) is 0 Å². The smallest absolute Gasteiger partial charge is 0.119 e. The van der Waals surface area contributed by atoms with E-state index in [1.165, 1.54) is 5.56 Å². The van der Waals surface area contributed by atoms with Crippen LogP contribution in [0.15, 0.2) is 36.5 Å². The second kappa shape index (κ2) is 7.84. The van der Waals surface area contributed by atoms with Crippen molar-refractivity contribution in [2.75, 3.05) is 6.61 Å². The van der Waals surface area contributed by atoms with Crippen molar-refractivity contribution < 1.29 is 4.74 Å². The van der Waals surface area contributed by atoms with Crippen LogP contribution in [-0.4, -0.2) is 16.4 Å². The number of nitrogens with zero attached hydrogens (tertiary/aromatic N) is 2. The van der Waals surface area contributed by atoms with Gasteiger partial charge in [0.15, 0.2) is 0 Å². The number of aryl methyl sites for hydroxylation is 1. The minimum atomic E-state index is 0.542. The highest BCUT2D eigenvalue weighted by atomic mass is 16.5. The molecule has 114 valence electrons. The summed E-state index contributed by atoms with van der Waals surface area (Å²) in [6.07, 6.45) is 2.01. The lowest BCUT2D eigenvalue weighted by Gasteiger charge is -2.10. The number of ether oxygens (including phenoxy) is 1. The predicted molar refractivity (Wildman–Crippen MR) is 85.2 cm³/mol. The highest BCUT2D eigenvalue weighted by Crippen LogP contribution is 2.14. The zero-order valence-electron chi connectivity index (χ0n) is 13.2. The van der Waals surface area contributed by atoms with E-state index in [4.69, 9.17) is 4.74 Å². The van der Waals surface area contributed by atoms with Gasteiger partial charge in [0.2, 0.25) is 0 Å². The first-order chi connectivity index (χ1) is 10.2. The van der Waals surface area contributed by atoms with Gasteiger partial charge in [-0.25, -0.2) is 0 Å². The molecule has 0 unspecified atom stereocenters. The first-order valence-corrected chi connectivity index (χ1v) is 7.62. The lowest BCUT2D eigenvalue weighted by Crippen LogP contribution is -2.13. The van der Waals surface area contributed by atoms with E-state index < -0.39 is 0 Å². The molecular weight excluding hydrogens is 262 g/mol. The van der Waals surface area contributed by atoms with Crippen molar-refractivity contribution in [2.45, 2.75) is 40.4 Å². The Balaban J connectivity index is 1.81. The predicted octanol–water partition coefficient (Wildman–Crippen LogP) is 3.23. The van der Waals surface area contributed by atoms with E-state index in [1.54, 1.807) is 0 Å². The van der Waals surface area contributed by atoms with Crippen molar-refractivity contribution >= 4 is 0 Å². The first kappa shape index (κ1) is 15.6. The Hall–Kier alpha value is -1.81. The second-order valence-electron chi connectivity index (χ2n) is 5.62. The lowest BCUT2D eigenvalue weighted by atomic mass is 10.2. The van der Waals surface area contributed by atoms with Gasteiger partial charge >= 0.3 is 0 Å². The highest BCUT2D eigenvalue weighted by Gasteiger charge is 2.01. The molecule has 0 saturated heterocycles. The topological polar surface area (TPSA) is 39.1 Å². The summed E-state index contributed by atoms with van der Waals surface area (Å²) in [5.41, 5.74) is 2.30. The summed E-state index contributed by atoms with van der Waals surface area (Å²) in [5.74, 6) is 1.48. The molecule has 21 heavy (non-hydrogen) atoms. The maximum atomic E-state index is 5.75. The Labute approximate surface area is 127 Å². The molecule has 0 atom stereocenters. The molecule has 2 rings (SSSR count). The zero-order chi connectivity index (χ0) is 15.1. The SMILES string of the molecule is CCn1ccc(CNCc2cccc(OCC(C)C)c2)n1. The Bertz CT molecular complexity index is 548. The van der Waals surface area contributed by atoms with E-state index in [0.29, 0.717) is 5.92 Å². The molecule has 0 fully saturated rings. The minimum Gasteiger partial charge on any atom is -0.493 e. The summed E-state index contributed by atoms with van der Waals surface area (Å²) in [7, 11) is 0. The van der Waals surface area contributed by atoms with Gasteiger partial charge in [-0.3, -0.25) is 4.68 Å². The third kappa shape index (κ3) is 5.23. The molecule has 4 nitrogen and oxygen atoms in total. The number of nitrogens with one attached hydrogen (secondary N) is 1. The van der Waals surface area contributed by atoms with Crippen LogP contribution >= 0.6 is 0 Å². The Morgan fingerprint density at radius 2 is 2.10 bits per heavy atom. The van der Waals surface area contributed by atoms with Crippen LogP contribution in [0.25, 0.3) is 0 Å². The average Bonchev–Trinajstić information content (AvgIpc) is 2.94. The van der Waals surface area contributed by atoms with Gasteiger partial charge in [-0.05, 0) is 36.6 Å². The average molecular weight is 287 g/mol. The standard InChI is InChI=1S/C17H25N3O/c1-4-20-9-8-16(19-20)12-18-11-15-6-5-7-17(10-15)21-13-14(2)3/h5-10,14,18H,4,11-13H2,1-3H3. The van der Waals surface area contributed by atoms with E-state index in [0.717, 1.165) is 37.7 Å². The molecule has 2 aromatic rings. The third-order valence-electron chi connectivity index (χ3n) is 3.14. The highest BCUT2D eigenvalue weighted by molar-refractivity contribution is 5.28. The van der Waals surface area contributed by atoms with Gasteiger partial charge in [0.1, 0.15) is 5.75 Å². The molecule has 1 N–H and O–H groups in total. The monoisotopic (exact) mass is 287 g/mol. The van der Waals surface area contributed by atoms with E-state index >= 15 is 0 Å². The number of hydrogen-bond donors (Lipinski definition) is 1. The molecule has 0 spiro atoms. The molecule has 0 radical (unpaired) electrons. The molecule has 0 aliphatic rings. The lowest BCUT2D eigenvalue weighted by molar-refractivity contribution is 0.271. The molecule has 1 aromatic heterocycles. The van der Waals surface area contributed by atoms with Crippen LogP contribution < -0.4 is 10.1 Å². The van der Waals surface area contributed by atoms with Gasteiger partial charge in [0.05, 0.1) is 12.3 Å². The van der Waals surface area contributed by atoms with Crippen molar-refractivity contribution in [1.82, 2.24) is 15.1 Å². The molecule has 0 amide bonds. The molecule has 0 bridgehead atoms. The fourth-order valence-corrected chi connectivity index (χ4v) is 2.02. The van der Waals surface area contributed by atoms with Crippen LogP contribution in [0.3, 0.4) is 0 Å². The van der Waals surface area contributed by atoms with Crippen LogP contribution in [0.5, 0.6) is 5.75 Å². The zero-order valence-corrected chi connectivity index (χ0v) is 13.2. The molecule has 0 aliphatic heterocycles. The molecular formula is C17H25N3O. The fraction of sp³-hybridized carbons (Fsp3) is 0.471. The molecule has 0 aliphatic carbocycles. The van der Waals surface area contributed by atoms with Crippen molar-refractivity contribution in [1.29, 1.82) is 0 Å². The van der Waals surface area contributed by atoms with Gasteiger partial charge in [-0.2, -0.15) is 5.10 Å². The minimum absolute atomic E-state index is 0.542. The Kier molecular flexibility index (Phi) is 5.81. The van der Waals surface area contributed by atoms with Crippen LogP contribution in [0, 0.1) is 5.92 Å². The largest absolute Gasteiger partial charge is 0.493 e. The third-order valence-corrected chi connectivity index (χ3v) is 3.14. The molecule has 1 heterocycles.